The van der Waals surface area contributed by atoms with Crippen LogP contribution in [0.15, 0.2) is 0 Å². The van der Waals surface area contributed by atoms with Crippen molar-refractivity contribution in [3.05, 3.63) is 0 Å². The molecule has 3 aliphatic rings. The number of carbonyl (C=O) groups excluding carboxylic acids is 1. The zero-order valence-electron chi connectivity index (χ0n) is 8.71. The van der Waals surface area contributed by atoms with Crippen LogP contribution in [0.5, 0.6) is 0 Å². The highest BCUT2D eigenvalue weighted by molar-refractivity contribution is 5.88. The number of methoxy groups -OCH3 is 1. The molecule has 1 spiro atoms. The number of amides is 1. The Kier molecular flexibility index (Phi) is 1.56. The Morgan fingerprint density at radius 2 is 1.93 bits per heavy atom. The number of hydrogen-bond acceptors (Lipinski definition) is 2. The molecule has 0 atom stereocenters. The van der Waals surface area contributed by atoms with E-state index in [4.69, 9.17) is 4.74 Å². The summed E-state index contributed by atoms with van der Waals surface area (Å²) in [6.45, 7) is 1.96. The Morgan fingerprint density at radius 3 is 2.36 bits per heavy atom. The van der Waals surface area contributed by atoms with Gasteiger partial charge in [0.1, 0.15) is 5.60 Å². The first-order valence-corrected chi connectivity index (χ1v) is 5.54. The molecule has 3 fully saturated rings. The summed E-state index contributed by atoms with van der Waals surface area (Å²) in [6.07, 6.45) is 5.73. The van der Waals surface area contributed by atoms with Crippen molar-refractivity contribution in [2.24, 2.45) is 5.41 Å². The van der Waals surface area contributed by atoms with Crippen LogP contribution < -0.4 is 0 Å². The molecule has 3 nitrogen and oxygen atoms in total. The number of likely N-dealkylation sites (tertiary alicyclic amines) is 1. The molecule has 0 aromatic heterocycles. The van der Waals surface area contributed by atoms with Crippen LogP contribution in [0.2, 0.25) is 0 Å². The minimum atomic E-state index is -0.402. The lowest BCUT2D eigenvalue weighted by Crippen LogP contribution is -2.40. The van der Waals surface area contributed by atoms with Gasteiger partial charge < -0.3 is 9.64 Å². The van der Waals surface area contributed by atoms with Gasteiger partial charge in [0.05, 0.1) is 0 Å². The number of hydrogen-bond donors (Lipinski definition) is 0. The molecule has 0 N–H and O–H groups in total. The molecule has 2 saturated carbocycles. The third-order valence-corrected chi connectivity index (χ3v) is 4.17. The average molecular weight is 195 g/mol. The lowest BCUT2D eigenvalue weighted by Gasteiger charge is -2.22. The topological polar surface area (TPSA) is 29.5 Å². The molecule has 1 aliphatic heterocycles. The second-order valence-electron chi connectivity index (χ2n) is 5.18. The summed E-state index contributed by atoms with van der Waals surface area (Å²) in [4.78, 5) is 14.1. The molecule has 3 rings (SSSR count). The van der Waals surface area contributed by atoms with Crippen molar-refractivity contribution in [2.45, 2.75) is 37.7 Å². The van der Waals surface area contributed by atoms with Crippen molar-refractivity contribution in [1.29, 1.82) is 0 Å². The van der Waals surface area contributed by atoms with Crippen LogP contribution >= 0.6 is 0 Å². The van der Waals surface area contributed by atoms with Crippen molar-refractivity contribution in [3.63, 3.8) is 0 Å². The fourth-order valence-electron chi connectivity index (χ4n) is 2.60. The minimum absolute atomic E-state index is 0.253. The lowest BCUT2D eigenvalue weighted by atomic mass is 10.1. The molecule has 78 valence electrons. The molecular weight excluding hydrogens is 178 g/mol. The first kappa shape index (κ1) is 8.72. The Labute approximate surface area is 84.4 Å². The van der Waals surface area contributed by atoms with Gasteiger partial charge in [-0.1, -0.05) is 0 Å². The first-order valence-electron chi connectivity index (χ1n) is 5.54. The molecule has 14 heavy (non-hydrogen) atoms. The molecule has 0 bridgehead atoms. The number of ether oxygens (including phenoxy) is 1. The van der Waals surface area contributed by atoms with E-state index in [1.807, 2.05) is 4.90 Å². The maximum absolute atomic E-state index is 12.1. The van der Waals surface area contributed by atoms with Crippen molar-refractivity contribution in [2.75, 3.05) is 20.2 Å². The van der Waals surface area contributed by atoms with Crippen LogP contribution in [-0.4, -0.2) is 36.6 Å². The van der Waals surface area contributed by atoms with Gasteiger partial charge in [-0.25, -0.2) is 0 Å². The molecule has 0 radical (unpaired) electrons. The third-order valence-electron chi connectivity index (χ3n) is 4.17. The molecule has 1 amide bonds. The standard InChI is InChI=1S/C11H17NO2/c1-14-11(4-5-11)9(13)12-7-6-10(8-12)2-3-10/h2-8H2,1H3. The molecule has 1 saturated heterocycles. The van der Waals surface area contributed by atoms with Gasteiger partial charge >= 0.3 is 0 Å². The third kappa shape index (κ3) is 1.11. The summed E-state index contributed by atoms with van der Waals surface area (Å²) in [5, 5.41) is 0. The van der Waals surface area contributed by atoms with Crippen LogP contribution in [0, 0.1) is 5.41 Å². The predicted molar refractivity (Wildman–Crippen MR) is 51.8 cm³/mol. The molecule has 3 heteroatoms. The number of carbonyl (C=O) groups is 1. The monoisotopic (exact) mass is 195 g/mol. The second-order valence-corrected chi connectivity index (χ2v) is 5.18. The minimum Gasteiger partial charge on any atom is -0.368 e. The fraction of sp³-hybridized carbons (Fsp3) is 0.909. The maximum Gasteiger partial charge on any atom is 0.254 e. The van der Waals surface area contributed by atoms with Gasteiger partial charge in [-0.15, -0.1) is 0 Å². The molecule has 1 heterocycles. The highest BCUT2D eigenvalue weighted by Crippen LogP contribution is 2.53. The van der Waals surface area contributed by atoms with Gasteiger partial charge in [0.15, 0.2) is 0 Å². The Hall–Kier alpha value is -0.570. The van der Waals surface area contributed by atoms with E-state index in [1.165, 1.54) is 19.3 Å². The SMILES string of the molecule is COC1(C(=O)N2CCC3(CC3)C2)CC1. The molecule has 0 unspecified atom stereocenters. The van der Waals surface area contributed by atoms with Crippen molar-refractivity contribution in [1.82, 2.24) is 4.90 Å². The summed E-state index contributed by atoms with van der Waals surface area (Å²) in [6, 6.07) is 0. The van der Waals surface area contributed by atoms with E-state index in [0.29, 0.717) is 5.41 Å². The van der Waals surface area contributed by atoms with Crippen LogP contribution in [0.25, 0.3) is 0 Å². The van der Waals surface area contributed by atoms with Gasteiger partial charge in [0.25, 0.3) is 5.91 Å². The van der Waals surface area contributed by atoms with Gasteiger partial charge in [-0.05, 0) is 37.5 Å². The normalized spacial score (nSPS) is 30.8. The molecule has 0 aromatic rings. The first-order chi connectivity index (χ1) is 6.70. The van der Waals surface area contributed by atoms with E-state index in [1.54, 1.807) is 7.11 Å². The second kappa shape index (κ2) is 2.51. The molecule has 2 aliphatic carbocycles. The van der Waals surface area contributed by atoms with Gasteiger partial charge in [0.2, 0.25) is 0 Å². The Bertz CT molecular complexity index is 279. The average Bonchev–Trinajstić information content (AvgIpc) is 3.05. The molecular formula is C11H17NO2. The van der Waals surface area contributed by atoms with Gasteiger partial charge in [-0.2, -0.15) is 0 Å². The van der Waals surface area contributed by atoms with E-state index in [9.17, 15) is 4.79 Å². The van der Waals surface area contributed by atoms with Crippen molar-refractivity contribution < 1.29 is 9.53 Å². The highest BCUT2D eigenvalue weighted by Gasteiger charge is 2.56. The summed E-state index contributed by atoms with van der Waals surface area (Å²) in [5.41, 5.74) is 0.139. The van der Waals surface area contributed by atoms with E-state index in [2.05, 4.69) is 0 Å². The van der Waals surface area contributed by atoms with Crippen LogP contribution in [0.1, 0.15) is 32.1 Å². The molecule has 0 aromatic carbocycles. The number of rotatable bonds is 2. The van der Waals surface area contributed by atoms with Crippen LogP contribution in [0.4, 0.5) is 0 Å². The largest absolute Gasteiger partial charge is 0.368 e. The highest BCUT2D eigenvalue weighted by atomic mass is 16.5. The van der Waals surface area contributed by atoms with Gasteiger partial charge in [0, 0.05) is 20.2 Å². The summed E-state index contributed by atoms with van der Waals surface area (Å²) in [7, 11) is 1.66. The van der Waals surface area contributed by atoms with E-state index >= 15 is 0 Å². The number of nitrogens with zero attached hydrogens (tertiary/aromatic N) is 1. The van der Waals surface area contributed by atoms with Gasteiger partial charge in [-0.3, -0.25) is 4.79 Å². The van der Waals surface area contributed by atoms with Crippen LogP contribution in [0.3, 0.4) is 0 Å². The van der Waals surface area contributed by atoms with Crippen molar-refractivity contribution >= 4 is 5.91 Å². The Morgan fingerprint density at radius 1 is 1.21 bits per heavy atom. The predicted octanol–water partition coefficient (Wildman–Crippen LogP) is 1.18. The fourth-order valence-corrected chi connectivity index (χ4v) is 2.60. The summed E-state index contributed by atoms with van der Waals surface area (Å²) in [5.74, 6) is 0.253. The van der Waals surface area contributed by atoms with E-state index < -0.39 is 5.60 Å². The summed E-state index contributed by atoms with van der Waals surface area (Å²) < 4.78 is 5.32. The summed E-state index contributed by atoms with van der Waals surface area (Å²) >= 11 is 0. The van der Waals surface area contributed by atoms with E-state index in [-0.39, 0.29) is 5.91 Å². The zero-order valence-corrected chi connectivity index (χ0v) is 8.71. The smallest absolute Gasteiger partial charge is 0.254 e. The lowest BCUT2D eigenvalue weighted by molar-refractivity contribution is -0.143. The quantitative estimate of drug-likeness (QED) is 0.662. The van der Waals surface area contributed by atoms with E-state index in [0.717, 1.165) is 25.9 Å². The maximum atomic E-state index is 12.1. The van der Waals surface area contributed by atoms with Crippen molar-refractivity contribution in [3.8, 4) is 0 Å². The Balaban J connectivity index is 1.69. The zero-order chi connectivity index (χ0) is 9.81. The van der Waals surface area contributed by atoms with Crippen LogP contribution in [-0.2, 0) is 9.53 Å².